The number of nitrogens with one attached hydrogen (secondary N) is 2. The summed E-state index contributed by atoms with van der Waals surface area (Å²) >= 11 is 0. The Kier molecular flexibility index (Phi) is 4.03. The van der Waals surface area contributed by atoms with Crippen molar-refractivity contribution in [2.24, 2.45) is 0 Å². The highest BCUT2D eigenvalue weighted by Crippen LogP contribution is 2.09. The van der Waals surface area contributed by atoms with Crippen LogP contribution in [0.2, 0.25) is 0 Å². The lowest BCUT2D eigenvalue weighted by Gasteiger charge is -2.21. The van der Waals surface area contributed by atoms with E-state index in [1.807, 2.05) is 0 Å². The molecule has 0 aromatic heterocycles. The minimum absolute atomic E-state index is 0.0303. The van der Waals surface area contributed by atoms with Crippen LogP contribution >= 0.6 is 0 Å². The van der Waals surface area contributed by atoms with E-state index in [1.165, 1.54) is 33.9 Å². The molecule has 0 atom stereocenters. The van der Waals surface area contributed by atoms with Crippen molar-refractivity contribution < 1.29 is 25.9 Å². The second kappa shape index (κ2) is 4.95. The zero-order valence-electron chi connectivity index (χ0n) is 8.18. The van der Waals surface area contributed by atoms with E-state index in [4.69, 9.17) is 9.11 Å². The summed E-state index contributed by atoms with van der Waals surface area (Å²) in [6.07, 6.45) is 0. The third-order valence-corrected chi connectivity index (χ3v) is 2.25. The molecule has 0 aliphatic rings. The Labute approximate surface area is 97.8 Å². The molecule has 0 aliphatic carbocycles. The van der Waals surface area contributed by atoms with Gasteiger partial charge in [-0.3, -0.25) is 9.11 Å². The average Bonchev–Trinajstić information content (AvgIpc) is 2.14. The smallest absolute Gasteiger partial charge is 0.272 e. The minimum Gasteiger partial charge on any atom is -0.272 e. The summed E-state index contributed by atoms with van der Waals surface area (Å²) in [5.74, 6) is 0. The summed E-state index contributed by atoms with van der Waals surface area (Å²) in [4.78, 5) is 2.88. The SMILES string of the molecule is O=S(=O)(O)NN(NS(=O)(=O)O)c1ccccc1. The summed E-state index contributed by atoms with van der Waals surface area (Å²) < 4.78 is 59.4. The number of nitrogens with zero attached hydrogens (tertiary/aromatic N) is 1. The fourth-order valence-electron chi connectivity index (χ4n) is 0.932. The second-order valence-electron chi connectivity index (χ2n) is 2.80. The topological polar surface area (TPSA) is 136 Å². The second-order valence-corrected chi connectivity index (χ2v) is 5.07. The van der Waals surface area contributed by atoms with Gasteiger partial charge in [0.1, 0.15) is 0 Å². The summed E-state index contributed by atoms with van der Waals surface area (Å²) in [6.45, 7) is 0. The molecule has 4 N–H and O–H groups in total. The minimum atomic E-state index is -4.71. The van der Waals surface area contributed by atoms with Crippen molar-refractivity contribution >= 4 is 26.3 Å². The molecule has 9 nitrogen and oxygen atoms in total. The Morgan fingerprint density at radius 2 is 1.29 bits per heavy atom. The standard InChI is InChI=1S/C6H9N3O6S2/c10-16(11,12)7-9(8-17(13,14)15)6-4-2-1-3-5-6/h1-5,7-8H,(H,10,11,12)(H,13,14,15). The molecule has 0 unspecified atom stereocenters. The Hall–Kier alpha value is -1.24. The highest BCUT2D eigenvalue weighted by molar-refractivity contribution is 7.84. The molecule has 11 heteroatoms. The number of anilines is 1. The molecular formula is C6H9N3O6S2. The highest BCUT2D eigenvalue weighted by Gasteiger charge is 2.17. The van der Waals surface area contributed by atoms with Crippen LogP contribution in [0.1, 0.15) is 0 Å². The van der Waals surface area contributed by atoms with Gasteiger partial charge in [0.25, 0.3) is 0 Å². The number of hydrogen-bond donors (Lipinski definition) is 4. The van der Waals surface area contributed by atoms with E-state index in [0.717, 1.165) is 0 Å². The summed E-state index contributed by atoms with van der Waals surface area (Å²) in [5, 5.41) is 0.324. The molecule has 0 radical (unpaired) electrons. The fraction of sp³-hybridized carbons (Fsp3) is 0. The van der Waals surface area contributed by atoms with Crippen LogP contribution in [0, 0.1) is 0 Å². The Balaban J connectivity index is 3.03. The Morgan fingerprint density at radius 3 is 1.65 bits per heavy atom. The van der Waals surface area contributed by atoms with Crippen molar-refractivity contribution in [1.29, 1.82) is 0 Å². The van der Waals surface area contributed by atoms with E-state index in [9.17, 15) is 16.8 Å². The largest absolute Gasteiger partial charge is 0.351 e. The van der Waals surface area contributed by atoms with Gasteiger partial charge in [0.05, 0.1) is 5.69 Å². The van der Waals surface area contributed by atoms with Crippen LogP contribution < -0.4 is 14.8 Å². The molecule has 0 fully saturated rings. The van der Waals surface area contributed by atoms with Crippen LogP contribution in [0.25, 0.3) is 0 Å². The molecule has 0 heterocycles. The fourth-order valence-corrected chi connectivity index (χ4v) is 1.75. The molecule has 1 aromatic carbocycles. The maximum Gasteiger partial charge on any atom is 0.351 e. The number of hydrogen-bond acceptors (Lipinski definition) is 5. The number of hydrazine groups is 2. The van der Waals surface area contributed by atoms with Crippen LogP contribution in [0.3, 0.4) is 0 Å². The summed E-state index contributed by atoms with van der Waals surface area (Å²) in [5.41, 5.74) is 0.0303. The van der Waals surface area contributed by atoms with Crippen molar-refractivity contribution in [3.05, 3.63) is 30.3 Å². The van der Waals surface area contributed by atoms with Crippen LogP contribution in [0.4, 0.5) is 5.69 Å². The molecule has 17 heavy (non-hydrogen) atoms. The van der Waals surface area contributed by atoms with Gasteiger partial charge in [-0.15, -0.1) is 0 Å². The van der Waals surface area contributed by atoms with Crippen LogP contribution in [-0.2, 0) is 20.6 Å². The normalized spacial score (nSPS) is 12.4. The zero-order chi connectivity index (χ0) is 13.1. The summed E-state index contributed by atoms with van der Waals surface area (Å²) in [7, 11) is -9.41. The lowest BCUT2D eigenvalue weighted by molar-refractivity contribution is 0.447. The van der Waals surface area contributed by atoms with Crippen LogP contribution in [-0.4, -0.2) is 25.9 Å². The lowest BCUT2D eigenvalue weighted by atomic mass is 10.3. The van der Waals surface area contributed by atoms with Gasteiger partial charge < -0.3 is 0 Å². The van der Waals surface area contributed by atoms with Crippen molar-refractivity contribution in [3.8, 4) is 0 Å². The average molecular weight is 283 g/mol. The number of benzene rings is 1. The van der Waals surface area contributed by atoms with Crippen LogP contribution in [0.5, 0.6) is 0 Å². The predicted molar refractivity (Wildman–Crippen MR) is 58.3 cm³/mol. The molecule has 96 valence electrons. The third-order valence-electron chi connectivity index (χ3n) is 1.43. The quantitative estimate of drug-likeness (QED) is 0.406. The molecular weight excluding hydrogens is 274 g/mol. The van der Waals surface area contributed by atoms with E-state index in [2.05, 4.69) is 0 Å². The van der Waals surface area contributed by atoms with Crippen molar-refractivity contribution in [2.75, 3.05) is 5.12 Å². The van der Waals surface area contributed by atoms with Crippen molar-refractivity contribution in [1.82, 2.24) is 9.66 Å². The molecule has 1 rings (SSSR count). The lowest BCUT2D eigenvalue weighted by Crippen LogP contribution is -2.52. The number of para-hydroxylation sites is 1. The van der Waals surface area contributed by atoms with Gasteiger partial charge in [-0.1, -0.05) is 27.9 Å². The van der Waals surface area contributed by atoms with Gasteiger partial charge in [-0.05, 0) is 12.1 Å². The third kappa shape index (κ3) is 5.58. The van der Waals surface area contributed by atoms with Gasteiger partial charge in [-0.25, -0.2) is 5.12 Å². The van der Waals surface area contributed by atoms with Gasteiger partial charge in [0.2, 0.25) is 0 Å². The molecule has 1 aromatic rings. The Morgan fingerprint density at radius 1 is 0.882 bits per heavy atom. The maximum absolute atomic E-state index is 10.6. The predicted octanol–water partition coefficient (Wildman–Crippen LogP) is -0.892. The maximum atomic E-state index is 10.6. The van der Waals surface area contributed by atoms with E-state index in [1.54, 1.807) is 6.07 Å². The van der Waals surface area contributed by atoms with Crippen LogP contribution in [0.15, 0.2) is 30.3 Å². The molecule has 0 amide bonds. The molecule has 0 saturated carbocycles. The van der Waals surface area contributed by atoms with Gasteiger partial charge >= 0.3 is 20.6 Å². The molecule has 0 aliphatic heterocycles. The van der Waals surface area contributed by atoms with Crippen molar-refractivity contribution in [3.63, 3.8) is 0 Å². The first-order valence-electron chi connectivity index (χ1n) is 4.02. The van der Waals surface area contributed by atoms with Gasteiger partial charge in [0.15, 0.2) is 0 Å². The van der Waals surface area contributed by atoms with E-state index in [-0.39, 0.29) is 5.69 Å². The zero-order valence-corrected chi connectivity index (χ0v) is 9.81. The van der Waals surface area contributed by atoms with E-state index in [0.29, 0.717) is 5.12 Å². The highest BCUT2D eigenvalue weighted by atomic mass is 32.2. The van der Waals surface area contributed by atoms with E-state index < -0.39 is 20.6 Å². The van der Waals surface area contributed by atoms with Crippen molar-refractivity contribution in [2.45, 2.75) is 0 Å². The molecule has 0 spiro atoms. The first-order valence-corrected chi connectivity index (χ1v) is 6.90. The summed E-state index contributed by atoms with van der Waals surface area (Å²) in [6, 6.07) is 7.23. The Bertz CT molecular complexity index is 535. The van der Waals surface area contributed by atoms with Gasteiger partial charge in [-0.2, -0.15) is 16.8 Å². The molecule has 0 saturated heterocycles. The first-order chi connectivity index (χ1) is 7.67. The monoisotopic (exact) mass is 283 g/mol. The molecule has 0 bridgehead atoms. The van der Waals surface area contributed by atoms with E-state index >= 15 is 0 Å². The first kappa shape index (κ1) is 13.8. The van der Waals surface area contributed by atoms with Gasteiger partial charge in [0, 0.05) is 0 Å². The number of rotatable bonds is 5.